The van der Waals surface area contributed by atoms with Crippen molar-refractivity contribution in [3.8, 4) is 0 Å². The lowest BCUT2D eigenvalue weighted by atomic mass is 9.80. The molecule has 1 fully saturated rings. The normalized spacial score (nSPS) is 18.3. The molecule has 1 aliphatic carbocycles. The molecule has 0 spiro atoms. The van der Waals surface area contributed by atoms with Gasteiger partial charge >= 0.3 is 11.9 Å². The highest BCUT2D eigenvalue weighted by Crippen LogP contribution is 2.31. The number of hydrogen-bond acceptors (Lipinski definition) is 4. The third-order valence-electron chi connectivity index (χ3n) is 5.21. The SMILES string of the molecule is O=C(O)c1ccc(NC(=O)[C@@H]2CCC[C@H](C(=O)Nc3ccc(C(=O)O)cc3)C2)cc1. The lowest BCUT2D eigenvalue weighted by Crippen LogP contribution is -2.33. The minimum absolute atomic E-state index is 0.138. The van der Waals surface area contributed by atoms with Crippen molar-refractivity contribution in [3.63, 3.8) is 0 Å². The Kier molecular flexibility index (Phi) is 6.46. The summed E-state index contributed by atoms with van der Waals surface area (Å²) in [4.78, 5) is 47.0. The number of hydrogen-bond donors (Lipinski definition) is 4. The number of carbonyl (C=O) groups is 4. The second kappa shape index (κ2) is 9.21. The van der Waals surface area contributed by atoms with Gasteiger partial charge in [-0.05, 0) is 67.8 Å². The summed E-state index contributed by atoms with van der Waals surface area (Å²) in [7, 11) is 0. The third kappa shape index (κ3) is 5.22. The van der Waals surface area contributed by atoms with Crippen molar-refractivity contribution in [1.29, 1.82) is 0 Å². The van der Waals surface area contributed by atoms with Crippen LogP contribution in [0.5, 0.6) is 0 Å². The lowest BCUT2D eigenvalue weighted by Gasteiger charge is -2.27. The first-order valence-corrected chi connectivity index (χ1v) is 9.62. The van der Waals surface area contributed by atoms with E-state index in [0.717, 1.165) is 6.42 Å². The number of carboxylic acid groups (broad SMARTS) is 2. The van der Waals surface area contributed by atoms with Crippen molar-refractivity contribution < 1.29 is 29.4 Å². The van der Waals surface area contributed by atoms with Crippen LogP contribution >= 0.6 is 0 Å². The van der Waals surface area contributed by atoms with Crippen LogP contribution in [0.15, 0.2) is 48.5 Å². The van der Waals surface area contributed by atoms with Crippen LogP contribution in [-0.2, 0) is 9.59 Å². The largest absolute Gasteiger partial charge is 0.478 e. The van der Waals surface area contributed by atoms with Crippen molar-refractivity contribution in [2.24, 2.45) is 11.8 Å². The fraction of sp³-hybridized carbons (Fsp3) is 0.273. The Hall–Kier alpha value is -3.68. The maximum Gasteiger partial charge on any atom is 0.335 e. The first kappa shape index (κ1) is 21.0. The van der Waals surface area contributed by atoms with E-state index in [0.29, 0.717) is 30.6 Å². The molecule has 8 nitrogen and oxygen atoms in total. The molecule has 30 heavy (non-hydrogen) atoms. The molecule has 2 atom stereocenters. The Bertz CT molecular complexity index is 875. The first-order valence-electron chi connectivity index (χ1n) is 9.62. The van der Waals surface area contributed by atoms with Crippen molar-refractivity contribution in [2.45, 2.75) is 25.7 Å². The van der Waals surface area contributed by atoms with Gasteiger partial charge in [0, 0.05) is 23.2 Å². The highest BCUT2D eigenvalue weighted by Gasteiger charge is 2.31. The molecule has 1 saturated carbocycles. The number of rotatable bonds is 6. The van der Waals surface area contributed by atoms with Gasteiger partial charge in [-0.2, -0.15) is 0 Å². The van der Waals surface area contributed by atoms with Crippen molar-refractivity contribution in [3.05, 3.63) is 59.7 Å². The second-order valence-corrected chi connectivity index (χ2v) is 7.30. The van der Waals surface area contributed by atoms with Gasteiger partial charge in [-0.25, -0.2) is 9.59 Å². The molecule has 0 radical (unpaired) electrons. The maximum atomic E-state index is 12.6. The molecule has 2 aromatic rings. The minimum Gasteiger partial charge on any atom is -0.478 e. The molecule has 8 heteroatoms. The number of nitrogens with one attached hydrogen (secondary N) is 2. The molecule has 0 aliphatic heterocycles. The topological polar surface area (TPSA) is 133 Å². The molecule has 0 unspecified atom stereocenters. The molecule has 2 amide bonds. The van der Waals surface area contributed by atoms with Gasteiger partial charge in [-0.3, -0.25) is 9.59 Å². The van der Waals surface area contributed by atoms with Crippen molar-refractivity contribution >= 4 is 35.1 Å². The molecule has 2 aromatic carbocycles. The fourth-order valence-corrected chi connectivity index (χ4v) is 3.55. The lowest BCUT2D eigenvalue weighted by molar-refractivity contribution is -0.124. The van der Waals surface area contributed by atoms with E-state index >= 15 is 0 Å². The van der Waals surface area contributed by atoms with Crippen LogP contribution in [-0.4, -0.2) is 34.0 Å². The van der Waals surface area contributed by atoms with Crippen LogP contribution in [0, 0.1) is 11.8 Å². The number of amides is 2. The van der Waals surface area contributed by atoms with Crippen LogP contribution in [0.3, 0.4) is 0 Å². The smallest absolute Gasteiger partial charge is 0.335 e. The summed E-state index contributed by atoms with van der Waals surface area (Å²) in [6, 6.07) is 11.8. The molecule has 0 aromatic heterocycles. The summed E-state index contributed by atoms with van der Waals surface area (Å²) < 4.78 is 0. The summed E-state index contributed by atoms with van der Waals surface area (Å²) in [5.41, 5.74) is 1.29. The molecule has 156 valence electrons. The van der Waals surface area contributed by atoms with Crippen LogP contribution < -0.4 is 10.6 Å². The fourth-order valence-electron chi connectivity index (χ4n) is 3.55. The van der Waals surface area contributed by atoms with E-state index in [1.165, 1.54) is 48.5 Å². The summed E-state index contributed by atoms with van der Waals surface area (Å²) >= 11 is 0. The number of anilines is 2. The second-order valence-electron chi connectivity index (χ2n) is 7.30. The molecular formula is C22H22N2O6. The van der Waals surface area contributed by atoms with E-state index in [9.17, 15) is 19.2 Å². The first-order chi connectivity index (χ1) is 14.3. The predicted molar refractivity (Wildman–Crippen MR) is 110 cm³/mol. The minimum atomic E-state index is -1.04. The molecule has 0 heterocycles. The quantitative estimate of drug-likeness (QED) is 0.576. The Morgan fingerprint density at radius 3 is 1.37 bits per heavy atom. The van der Waals surface area contributed by atoms with E-state index < -0.39 is 11.9 Å². The van der Waals surface area contributed by atoms with Gasteiger partial charge in [0.15, 0.2) is 0 Å². The zero-order chi connectivity index (χ0) is 21.7. The van der Waals surface area contributed by atoms with E-state index in [1.807, 2.05) is 0 Å². The summed E-state index contributed by atoms with van der Waals surface area (Å²) in [5.74, 6) is -3.09. The molecule has 3 rings (SSSR count). The molecule has 0 saturated heterocycles. The van der Waals surface area contributed by atoms with Crippen LogP contribution in [0.1, 0.15) is 46.4 Å². The monoisotopic (exact) mass is 410 g/mol. The van der Waals surface area contributed by atoms with Gasteiger partial charge in [-0.1, -0.05) is 6.42 Å². The van der Waals surface area contributed by atoms with Gasteiger partial charge < -0.3 is 20.8 Å². The van der Waals surface area contributed by atoms with E-state index in [4.69, 9.17) is 10.2 Å². The van der Waals surface area contributed by atoms with Gasteiger partial charge in [0.05, 0.1) is 11.1 Å². The van der Waals surface area contributed by atoms with Crippen LogP contribution in [0.2, 0.25) is 0 Å². The van der Waals surface area contributed by atoms with Gasteiger partial charge in [0.2, 0.25) is 11.8 Å². The Morgan fingerprint density at radius 1 is 0.667 bits per heavy atom. The zero-order valence-electron chi connectivity index (χ0n) is 16.1. The summed E-state index contributed by atoms with van der Waals surface area (Å²) in [6.45, 7) is 0. The van der Waals surface area contributed by atoms with E-state index in [-0.39, 0.29) is 34.8 Å². The standard InChI is InChI=1S/C22H22N2O6/c25-19(23-17-8-4-13(5-9-17)21(27)28)15-2-1-3-16(12-15)20(26)24-18-10-6-14(7-11-18)22(29)30/h4-11,15-16H,1-3,12H2,(H,23,25)(H,24,26)(H,27,28)(H,29,30)/t15-,16+. The van der Waals surface area contributed by atoms with Crippen molar-refractivity contribution in [2.75, 3.05) is 10.6 Å². The Morgan fingerprint density at radius 2 is 1.03 bits per heavy atom. The third-order valence-corrected chi connectivity index (χ3v) is 5.21. The average molecular weight is 410 g/mol. The van der Waals surface area contributed by atoms with Crippen LogP contribution in [0.25, 0.3) is 0 Å². The molecule has 4 N–H and O–H groups in total. The van der Waals surface area contributed by atoms with E-state index in [1.54, 1.807) is 0 Å². The number of aromatic carboxylic acids is 2. The molecule has 1 aliphatic rings. The number of benzene rings is 2. The highest BCUT2D eigenvalue weighted by molar-refractivity contribution is 5.96. The van der Waals surface area contributed by atoms with E-state index in [2.05, 4.69) is 10.6 Å². The van der Waals surface area contributed by atoms with Crippen LogP contribution in [0.4, 0.5) is 11.4 Å². The highest BCUT2D eigenvalue weighted by atomic mass is 16.4. The number of carboxylic acids is 2. The average Bonchev–Trinajstić information content (AvgIpc) is 2.74. The zero-order valence-corrected chi connectivity index (χ0v) is 16.1. The number of carbonyl (C=O) groups excluding carboxylic acids is 2. The Balaban J connectivity index is 1.57. The molecular weight excluding hydrogens is 388 g/mol. The van der Waals surface area contributed by atoms with Gasteiger partial charge in [0.1, 0.15) is 0 Å². The Labute approximate surface area is 172 Å². The van der Waals surface area contributed by atoms with Crippen molar-refractivity contribution in [1.82, 2.24) is 0 Å². The molecule has 0 bridgehead atoms. The summed E-state index contributed by atoms with van der Waals surface area (Å²) in [5, 5.41) is 23.4. The summed E-state index contributed by atoms with van der Waals surface area (Å²) in [6.07, 6.45) is 2.51. The van der Waals surface area contributed by atoms with Gasteiger partial charge in [-0.15, -0.1) is 0 Å². The maximum absolute atomic E-state index is 12.6. The predicted octanol–water partition coefficient (Wildman–Crippen LogP) is 3.47. The van der Waals surface area contributed by atoms with Gasteiger partial charge in [0.25, 0.3) is 0 Å².